The van der Waals surface area contributed by atoms with Crippen LogP contribution in [0.4, 0.5) is 4.39 Å². The highest BCUT2D eigenvalue weighted by Crippen LogP contribution is 2.29. The third-order valence-electron chi connectivity index (χ3n) is 4.26. The fraction of sp³-hybridized carbons (Fsp3) is 0.526. The largest absolute Gasteiger partial charge is 0.467 e. The fourth-order valence-electron chi connectivity index (χ4n) is 2.87. The molecule has 27 heavy (non-hydrogen) atoms. The second-order valence-corrected chi connectivity index (χ2v) is 6.82. The molecule has 0 saturated carbocycles. The lowest BCUT2D eigenvalue weighted by atomic mass is 10.1. The highest BCUT2D eigenvalue weighted by molar-refractivity contribution is 5.75. The van der Waals surface area contributed by atoms with Crippen molar-refractivity contribution in [2.45, 2.75) is 52.1 Å². The van der Waals surface area contributed by atoms with Crippen molar-refractivity contribution in [2.24, 2.45) is 0 Å². The summed E-state index contributed by atoms with van der Waals surface area (Å²) in [7, 11) is 0. The number of hydrogen-bond acceptors (Lipinski definition) is 6. The van der Waals surface area contributed by atoms with Crippen LogP contribution in [0, 0.1) is 5.82 Å². The topological polar surface area (TPSA) is 86.5 Å². The zero-order valence-corrected chi connectivity index (χ0v) is 15.6. The summed E-state index contributed by atoms with van der Waals surface area (Å²) in [6.45, 7) is 4.90. The standard InChI is InChI=1S/C19H24FN3O4/c1-12(2)19-22-17(27-23-19)5-3-4-16(24)21-7-6-13-8-15(20)9-14-10-25-11-26-18(13)14/h8-9,12H,3-7,10-11H2,1-2H3,(H,21,24). The van der Waals surface area contributed by atoms with Crippen LogP contribution in [0.5, 0.6) is 5.75 Å². The molecule has 3 rings (SSSR count). The molecule has 1 amide bonds. The Hall–Kier alpha value is -2.48. The number of nitrogens with one attached hydrogen (secondary N) is 1. The van der Waals surface area contributed by atoms with Crippen LogP contribution in [0.1, 0.15) is 55.4 Å². The van der Waals surface area contributed by atoms with Gasteiger partial charge in [0.2, 0.25) is 11.8 Å². The number of benzene rings is 1. The molecular formula is C19H24FN3O4. The van der Waals surface area contributed by atoms with Crippen molar-refractivity contribution in [3.63, 3.8) is 0 Å². The Balaban J connectivity index is 1.41. The second-order valence-electron chi connectivity index (χ2n) is 6.82. The van der Waals surface area contributed by atoms with Gasteiger partial charge in [0.25, 0.3) is 0 Å². The molecule has 1 aromatic carbocycles. The van der Waals surface area contributed by atoms with E-state index in [1.54, 1.807) is 0 Å². The van der Waals surface area contributed by atoms with E-state index >= 15 is 0 Å². The summed E-state index contributed by atoms with van der Waals surface area (Å²) in [6.07, 6.45) is 2.05. The summed E-state index contributed by atoms with van der Waals surface area (Å²) in [5, 5.41) is 6.75. The van der Waals surface area contributed by atoms with Crippen molar-refractivity contribution in [3.05, 3.63) is 40.8 Å². The summed E-state index contributed by atoms with van der Waals surface area (Å²) < 4.78 is 29.5. The van der Waals surface area contributed by atoms with Crippen molar-refractivity contribution < 1.29 is 23.2 Å². The normalized spacial score (nSPS) is 13.3. The SMILES string of the molecule is CC(C)c1noc(CCCC(=O)NCCc2cc(F)cc3c2OCOC3)n1. The van der Waals surface area contributed by atoms with Crippen LogP contribution in [0.3, 0.4) is 0 Å². The van der Waals surface area contributed by atoms with Gasteiger partial charge in [-0.25, -0.2) is 4.39 Å². The number of amides is 1. The summed E-state index contributed by atoms with van der Waals surface area (Å²) in [6, 6.07) is 2.86. The molecule has 0 aliphatic carbocycles. The molecule has 1 aromatic heterocycles. The molecule has 0 bridgehead atoms. The minimum atomic E-state index is -0.329. The maximum Gasteiger partial charge on any atom is 0.226 e. The number of aryl methyl sites for hydroxylation is 1. The second kappa shape index (κ2) is 8.94. The van der Waals surface area contributed by atoms with E-state index in [1.807, 2.05) is 13.8 Å². The number of rotatable bonds is 8. The molecule has 0 atom stereocenters. The highest BCUT2D eigenvalue weighted by Gasteiger charge is 2.17. The third kappa shape index (κ3) is 5.26. The molecule has 0 spiro atoms. The Morgan fingerprint density at radius 2 is 2.19 bits per heavy atom. The van der Waals surface area contributed by atoms with Crippen LogP contribution in [-0.2, 0) is 29.0 Å². The monoisotopic (exact) mass is 377 g/mol. The highest BCUT2D eigenvalue weighted by atomic mass is 19.1. The van der Waals surface area contributed by atoms with Crippen LogP contribution in [0.2, 0.25) is 0 Å². The number of halogens is 1. The van der Waals surface area contributed by atoms with Gasteiger partial charge in [-0.15, -0.1) is 0 Å². The van der Waals surface area contributed by atoms with Crippen LogP contribution in [0.25, 0.3) is 0 Å². The Morgan fingerprint density at radius 3 is 2.96 bits per heavy atom. The fourth-order valence-corrected chi connectivity index (χ4v) is 2.87. The molecule has 2 heterocycles. The average Bonchev–Trinajstić information content (AvgIpc) is 3.11. The maximum atomic E-state index is 13.7. The first kappa shape index (κ1) is 19.3. The van der Waals surface area contributed by atoms with Crippen molar-refractivity contribution in [2.75, 3.05) is 13.3 Å². The Morgan fingerprint density at radius 1 is 1.33 bits per heavy atom. The van der Waals surface area contributed by atoms with Gasteiger partial charge in [-0.2, -0.15) is 4.98 Å². The molecule has 0 radical (unpaired) electrons. The van der Waals surface area contributed by atoms with Gasteiger partial charge >= 0.3 is 0 Å². The van der Waals surface area contributed by atoms with Crippen LogP contribution in [0.15, 0.2) is 16.7 Å². The molecule has 1 aliphatic rings. The van der Waals surface area contributed by atoms with Crippen molar-refractivity contribution in [1.82, 2.24) is 15.5 Å². The van der Waals surface area contributed by atoms with E-state index in [-0.39, 0.29) is 24.4 Å². The average molecular weight is 377 g/mol. The van der Waals surface area contributed by atoms with Gasteiger partial charge in [-0.1, -0.05) is 19.0 Å². The zero-order chi connectivity index (χ0) is 19.2. The van der Waals surface area contributed by atoms with Gasteiger partial charge in [-0.05, 0) is 30.5 Å². The van der Waals surface area contributed by atoms with Crippen molar-refractivity contribution >= 4 is 5.91 Å². The van der Waals surface area contributed by atoms with Gasteiger partial charge in [0.15, 0.2) is 12.6 Å². The van der Waals surface area contributed by atoms with E-state index in [4.69, 9.17) is 14.0 Å². The number of hydrogen-bond donors (Lipinski definition) is 1. The molecule has 0 saturated heterocycles. The van der Waals surface area contributed by atoms with Gasteiger partial charge in [0.05, 0.1) is 6.61 Å². The van der Waals surface area contributed by atoms with Crippen LogP contribution < -0.4 is 10.1 Å². The van der Waals surface area contributed by atoms with Crippen LogP contribution >= 0.6 is 0 Å². The van der Waals surface area contributed by atoms with E-state index in [1.165, 1.54) is 12.1 Å². The lowest BCUT2D eigenvalue weighted by Gasteiger charge is -2.21. The molecule has 146 valence electrons. The number of carbonyl (C=O) groups is 1. The summed E-state index contributed by atoms with van der Waals surface area (Å²) in [4.78, 5) is 16.3. The smallest absolute Gasteiger partial charge is 0.226 e. The predicted molar refractivity (Wildman–Crippen MR) is 94.7 cm³/mol. The lowest BCUT2D eigenvalue weighted by Crippen LogP contribution is -2.26. The summed E-state index contributed by atoms with van der Waals surface area (Å²) in [5.41, 5.74) is 1.43. The first-order valence-electron chi connectivity index (χ1n) is 9.14. The predicted octanol–water partition coefficient (Wildman–Crippen LogP) is 2.88. The molecule has 0 unspecified atom stereocenters. The van der Waals surface area contributed by atoms with E-state index in [9.17, 15) is 9.18 Å². The van der Waals surface area contributed by atoms with Gasteiger partial charge in [0.1, 0.15) is 11.6 Å². The van der Waals surface area contributed by atoms with E-state index in [2.05, 4.69) is 15.5 Å². The van der Waals surface area contributed by atoms with Gasteiger partial charge < -0.3 is 19.3 Å². The number of aromatic nitrogens is 2. The van der Waals surface area contributed by atoms with E-state index < -0.39 is 0 Å². The molecule has 0 fully saturated rings. The van der Waals surface area contributed by atoms with E-state index in [0.29, 0.717) is 61.9 Å². The summed E-state index contributed by atoms with van der Waals surface area (Å²) >= 11 is 0. The lowest BCUT2D eigenvalue weighted by molar-refractivity contribution is -0.121. The van der Waals surface area contributed by atoms with Crippen molar-refractivity contribution in [1.29, 1.82) is 0 Å². The third-order valence-corrected chi connectivity index (χ3v) is 4.26. The molecular weight excluding hydrogens is 353 g/mol. The minimum absolute atomic E-state index is 0.0619. The maximum absolute atomic E-state index is 13.7. The summed E-state index contributed by atoms with van der Waals surface area (Å²) in [5.74, 6) is 1.72. The minimum Gasteiger partial charge on any atom is -0.467 e. The number of fused-ring (bicyclic) bond motifs is 1. The Labute approximate surface area is 157 Å². The zero-order valence-electron chi connectivity index (χ0n) is 15.6. The van der Waals surface area contributed by atoms with E-state index in [0.717, 1.165) is 5.56 Å². The molecule has 2 aromatic rings. The Kier molecular flexibility index (Phi) is 6.39. The number of nitrogens with zero attached hydrogens (tertiary/aromatic N) is 2. The first-order chi connectivity index (χ1) is 13.0. The Bertz CT molecular complexity index is 791. The van der Waals surface area contributed by atoms with Gasteiger partial charge in [-0.3, -0.25) is 4.79 Å². The molecule has 8 heteroatoms. The number of ether oxygens (including phenoxy) is 2. The molecule has 1 aliphatic heterocycles. The van der Waals surface area contributed by atoms with Crippen molar-refractivity contribution in [3.8, 4) is 5.75 Å². The van der Waals surface area contributed by atoms with Crippen LogP contribution in [-0.4, -0.2) is 29.4 Å². The first-order valence-corrected chi connectivity index (χ1v) is 9.14. The van der Waals surface area contributed by atoms with Gasteiger partial charge in [0, 0.05) is 30.9 Å². The quantitative estimate of drug-likeness (QED) is 0.761. The molecule has 1 N–H and O–H groups in total. The number of carbonyl (C=O) groups excluding carboxylic acids is 1. The molecule has 7 nitrogen and oxygen atoms in total.